The summed E-state index contributed by atoms with van der Waals surface area (Å²) in [7, 11) is 0. The number of carbonyl (C=O) groups excluding carboxylic acids is 1. The Kier molecular flexibility index (Phi) is 7.99. The van der Waals surface area contributed by atoms with Crippen LogP contribution in [0.1, 0.15) is 33.6 Å². The minimum Gasteiger partial charge on any atom is -0.462 e. The molecule has 0 aromatic heterocycles. The average Bonchev–Trinajstić information content (AvgIpc) is 2.19. The third-order valence-corrected chi connectivity index (χ3v) is 2.05. The maximum absolute atomic E-state index is 9.60. The van der Waals surface area contributed by atoms with Crippen molar-refractivity contribution in [2.24, 2.45) is 4.99 Å². The van der Waals surface area contributed by atoms with Crippen LogP contribution in [-0.2, 0) is 9.53 Å². The van der Waals surface area contributed by atoms with E-state index in [2.05, 4.69) is 32.4 Å². The molecule has 0 amide bonds. The minimum atomic E-state index is -0.318. The number of piperidine rings is 1. The zero-order valence-electron chi connectivity index (χ0n) is 10.2. The van der Waals surface area contributed by atoms with Crippen LogP contribution in [0.3, 0.4) is 0 Å². The van der Waals surface area contributed by atoms with Gasteiger partial charge < -0.3 is 10.1 Å². The Labute approximate surface area is 102 Å². The number of carbonyl (C=O) groups is 1. The van der Waals surface area contributed by atoms with Crippen LogP contribution in [0.25, 0.3) is 0 Å². The quantitative estimate of drug-likeness (QED) is 0.457. The molecule has 0 aliphatic carbocycles. The topological polar surface area (TPSA) is 50.7 Å². The Morgan fingerprint density at radius 1 is 1.44 bits per heavy atom. The molecule has 1 N–H and O–H groups in total. The Balaban J connectivity index is 0.000000293. The number of nitrogens with one attached hydrogen (secondary N) is 1. The lowest BCUT2D eigenvalue weighted by atomic mass is 10.1. The van der Waals surface area contributed by atoms with Gasteiger partial charge in [0.1, 0.15) is 5.60 Å². The Morgan fingerprint density at radius 2 is 2.00 bits per heavy atom. The first-order valence-corrected chi connectivity index (χ1v) is 5.79. The van der Waals surface area contributed by atoms with E-state index in [1.807, 2.05) is 20.8 Å². The fourth-order valence-electron chi connectivity index (χ4n) is 1.15. The molecule has 0 aromatic carbocycles. The monoisotopic (exact) mass is 244 g/mol. The van der Waals surface area contributed by atoms with E-state index in [-0.39, 0.29) is 5.60 Å². The lowest BCUT2D eigenvalue weighted by Crippen LogP contribution is -2.29. The Bertz CT molecular complexity index is 239. The van der Waals surface area contributed by atoms with Crippen molar-refractivity contribution in [3.8, 4) is 0 Å². The lowest BCUT2D eigenvalue weighted by molar-refractivity contribution is -0.138. The molecule has 4 nitrogen and oxygen atoms in total. The van der Waals surface area contributed by atoms with Crippen LogP contribution >= 0.6 is 12.2 Å². The number of nitrogens with zero attached hydrogens (tertiary/aromatic N) is 1. The molecule has 0 spiro atoms. The molecule has 0 saturated carbocycles. The summed E-state index contributed by atoms with van der Waals surface area (Å²) in [6, 6.07) is 0.448. The maximum Gasteiger partial charge on any atom is 0.293 e. The fourth-order valence-corrected chi connectivity index (χ4v) is 1.30. The molecule has 5 heteroatoms. The van der Waals surface area contributed by atoms with E-state index < -0.39 is 0 Å². The van der Waals surface area contributed by atoms with Gasteiger partial charge in [-0.2, -0.15) is 0 Å². The maximum atomic E-state index is 9.60. The highest BCUT2D eigenvalue weighted by Crippen LogP contribution is 2.05. The number of aliphatic imine (C=N–C) groups is 1. The van der Waals surface area contributed by atoms with Gasteiger partial charge in [0.15, 0.2) is 0 Å². The first-order chi connectivity index (χ1) is 7.49. The van der Waals surface area contributed by atoms with Gasteiger partial charge in [-0.15, -0.1) is 0 Å². The number of thiocarbonyl (C=S) groups is 1. The van der Waals surface area contributed by atoms with Crippen molar-refractivity contribution in [2.75, 3.05) is 13.1 Å². The summed E-state index contributed by atoms with van der Waals surface area (Å²) in [6.07, 6.45) is 2.23. The van der Waals surface area contributed by atoms with Crippen LogP contribution in [0.15, 0.2) is 4.99 Å². The predicted molar refractivity (Wildman–Crippen MR) is 67.8 cm³/mol. The smallest absolute Gasteiger partial charge is 0.293 e. The highest BCUT2D eigenvalue weighted by molar-refractivity contribution is 7.78. The largest absolute Gasteiger partial charge is 0.462 e. The van der Waals surface area contributed by atoms with Gasteiger partial charge in [0.05, 0.1) is 11.2 Å². The van der Waals surface area contributed by atoms with Gasteiger partial charge in [0.2, 0.25) is 0 Å². The van der Waals surface area contributed by atoms with Gasteiger partial charge in [-0.3, -0.25) is 4.79 Å². The average molecular weight is 244 g/mol. The minimum absolute atomic E-state index is 0.318. The summed E-state index contributed by atoms with van der Waals surface area (Å²) in [5.41, 5.74) is -0.318. The summed E-state index contributed by atoms with van der Waals surface area (Å²) >= 11 is 4.50. The molecular formula is C11H20N2O2S. The van der Waals surface area contributed by atoms with Crippen molar-refractivity contribution in [1.29, 1.82) is 0 Å². The highest BCUT2D eigenvalue weighted by Gasteiger charge is 2.09. The first kappa shape index (κ1) is 15.2. The first-order valence-electron chi connectivity index (χ1n) is 5.39. The summed E-state index contributed by atoms with van der Waals surface area (Å²) in [5.74, 6) is 0. The van der Waals surface area contributed by atoms with Gasteiger partial charge >= 0.3 is 0 Å². The molecule has 0 bridgehead atoms. The number of isothiocyanates is 1. The van der Waals surface area contributed by atoms with Crippen LogP contribution in [0.2, 0.25) is 0 Å². The summed E-state index contributed by atoms with van der Waals surface area (Å²) < 4.78 is 4.55. The molecule has 1 aliphatic rings. The van der Waals surface area contributed by atoms with E-state index in [1.54, 1.807) is 0 Å². The van der Waals surface area contributed by atoms with Crippen LogP contribution in [0.4, 0.5) is 0 Å². The van der Waals surface area contributed by atoms with Crippen LogP contribution in [-0.4, -0.2) is 36.4 Å². The number of hydrogen-bond donors (Lipinski definition) is 1. The molecule has 0 atom stereocenters. The molecule has 1 saturated heterocycles. The van der Waals surface area contributed by atoms with Crippen LogP contribution < -0.4 is 5.32 Å². The van der Waals surface area contributed by atoms with E-state index in [0.717, 1.165) is 25.9 Å². The molecule has 1 fully saturated rings. The molecule has 16 heavy (non-hydrogen) atoms. The molecular weight excluding hydrogens is 224 g/mol. The Hall–Kier alpha value is -0.770. The van der Waals surface area contributed by atoms with E-state index in [9.17, 15) is 4.79 Å². The second kappa shape index (κ2) is 8.39. The van der Waals surface area contributed by atoms with Crippen molar-refractivity contribution in [3.05, 3.63) is 0 Å². The van der Waals surface area contributed by atoms with E-state index in [1.165, 1.54) is 0 Å². The van der Waals surface area contributed by atoms with Crippen molar-refractivity contribution in [2.45, 2.75) is 45.3 Å². The predicted octanol–water partition coefficient (Wildman–Crippen LogP) is 1.80. The van der Waals surface area contributed by atoms with Gasteiger partial charge in [-0.1, -0.05) is 0 Å². The van der Waals surface area contributed by atoms with Gasteiger partial charge in [0.25, 0.3) is 6.47 Å². The van der Waals surface area contributed by atoms with Crippen molar-refractivity contribution >= 4 is 23.9 Å². The van der Waals surface area contributed by atoms with Gasteiger partial charge in [-0.05, 0) is 58.9 Å². The van der Waals surface area contributed by atoms with Crippen molar-refractivity contribution < 1.29 is 9.53 Å². The van der Waals surface area contributed by atoms with E-state index in [0.29, 0.717) is 12.5 Å². The third kappa shape index (κ3) is 9.77. The van der Waals surface area contributed by atoms with Crippen LogP contribution in [0, 0.1) is 0 Å². The summed E-state index contributed by atoms with van der Waals surface area (Å²) in [5, 5.41) is 5.67. The second-order valence-electron chi connectivity index (χ2n) is 4.53. The van der Waals surface area contributed by atoms with Gasteiger partial charge in [0, 0.05) is 0 Å². The fraction of sp³-hybridized carbons (Fsp3) is 0.818. The molecule has 0 radical (unpaired) electrons. The molecule has 92 valence electrons. The van der Waals surface area contributed by atoms with Gasteiger partial charge in [-0.25, -0.2) is 4.99 Å². The van der Waals surface area contributed by atoms with Crippen molar-refractivity contribution in [3.63, 3.8) is 0 Å². The normalized spacial score (nSPS) is 16.4. The molecule has 0 unspecified atom stereocenters. The van der Waals surface area contributed by atoms with Crippen molar-refractivity contribution in [1.82, 2.24) is 5.32 Å². The lowest BCUT2D eigenvalue weighted by Gasteiger charge is -2.16. The van der Waals surface area contributed by atoms with E-state index in [4.69, 9.17) is 0 Å². The molecule has 1 aliphatic heterocycles. The van der Waals surface area contributed by atoms with Crippen LogP contribution in [0.5, 0.6) is 0 Å². The zero-order valence-corrected chi connectivity index (χ0v) is 11.0. The molecule has 1 rings (SSSR count). The SMILES string of the molecule is CC(C)(C)OC=O.S=C=NC1CCNCC1. The highest BCUT2D eigenvalue weighted by atomic mass is 32.1. The molecule has 0 aromatic rings. The Morgan fingerprint density at radius 3 is 2.31 bits per heavy atom. The zero-order chi connectivity index (χ0) is 12.4. The third-order valence-electron chi connectivity index (χ3n) is 1.95. The number of ether oxygens (including phenoxy) is 1. The summed E-state index contributed by atoms with van der Waals surface area (Å²) in [4.78, 5) is 13.6. The number of rotatable bonds is 2. The molecule has 1 heterocycles. The standard InChI is InChI=1S/C6H10N2S.C5H10O2/c9-5-8-6-1-3-7-4-2-6;1-5(2,3)7-4-6/h6-7H,1-4H2;4H,1-3H3. The van der Waals surface area contributed by atoms with E-state index >= 15 is 0 Å². The summed E-state index contributed by atoms with van der Waals surface area (Å²) in [6.45, 7) is 8.07. The number of hydrogen-bond acceptors (Lipinski definition) is 5. The second-order valence-corrected chi connectivity index (χ2v) is 4.71.